The monoisotopic (exact) mass is 154 g/mol. The highest BCUT2D eigenvalue weighted by molar-refractivity contribution is 4.72. The van der Waals surface area contributed by atoms with Crippen LogP contribution in [0.1, 0.15) is 26.7 Å². The topological polar surface area (TPSA) is 27.0 Å². The highest BCUT2D eigenvalue weighted by Gasteiger charge is 2.18. The minimum absolute atomic E-state index is 1.00. The zero-order valence-corrected chi connectivity index (χ0v) is 7.58. The Morgan fingerprint density at radius 2 is 2.09 bits per heavy atom. The van der Waals surface area contributed by atoms with Crippen LogP contribution in [0.2, 0.25) is 0 Å². The maximum atomic E-state index is 6.50. The van der Waals surface area contributed by atoms with Crippen molar-refractivity contribution >= 4 is 0 Å². The van der Waals surface area contributed by atoms with E-state index in [1.165, 1.54) is 32.5 Å². The molecule has 1 unspecified atom stereocenters. The van der Waals surface area contributed by atoms with Crippen LogP contribution in [0.3, 0.4) is 0 Å². The van der Waals surface area contributed by atoms with Gasteiger partial charge in [-0.15, -0.1) is 0 Å². The Balaban J connectivity index is 0.000000461. The summed E-state index contributed by atoms with van der Waals surface area (Å²) in [6.45, 7) is 12.0. The fourth-order valence-electron chi connectivity index (χ4n) is 1.53. The molecule has 0 bridgehead atoms. The molecule has 1 saturated heterocycles. The average Bonchev–Trinajstić information content (AvgIpc) is 2.55. The highest BCUT2D eigenvalue weighted by atomic mass is 15.1. The summed E-state index contributed by atoms with van der Waals surface area (Å²) in [4.78, 5) is 2.54. The standard InChI is InChI=1S/C8H17N.CHN/c1-3-8-5-6-9(4-2)7-8;1-2/h8H,3-7H2,1-2H3;1H. The van der Waals surface area contributed by atoms with Gasteiger partial charge in [-0.2, -0.15) is 0 Å². The van der Waals surface area contributed by atoms with Crippen molar-refractivity contribution in [3.05, 3.63) is 0 Å². The van der Waals surface area contributed by atoms with Gasteiger partial charge in [-0.25, -0.2) is 5.26 Å². The fraction of sp³-hybridized carbons (Fsp3) is 0.889. The third kappa shape index (κ3) is 3.38. The molecule has 1 atom stereocenters. The molecular formula is C9H18N2. The molecule has 1 heterocycles. The average molecular weight is 154 g/mol. The summed E-state index contributed by atoms with van der Waals surface area (Å²) < 4.78 is 0. The van der Waals surface area contributed by atoms with Gasteiger partial charge in [0, 0.05) is 13.1 Å². The molecule has 2 nitrogen and oxygen atoms in total. The van der Waals surface area contributed by atoms with Gasteiger partial charge < -0.3 is 4.90 Å². The van der Waals surface area contributed by atoms with E-state index in [0.717, 1.165) is 5.92 Å². The summed E-state index contributed by atoms with van der Waals surface area (Å²) in [5.41, 5.74) is 0. The van der Waals surface area contributed by atoms with Gasteiger partial charge in [0.2, 0.25) is 0 Å². The van der Waals surface area contributed by atoms with Crippen LogP contribution in [-0.2, 0) is 0 Å². The lowest BCUT2D eigenvalue weighted by Gasteiger charge is -2.11. The van der Waals surface area contributed by atoms with Crippen molar-refractivity contribution < 1.29 is 0 Å². The molecule has 0 saturated carbocycles. The fourth-order valence-corrected chi connectivity index (χ4v) is 1.53. The normalized spacial score (nSPS) is 24.2. The van der Waals surface area contributed by atoms with Crippen LogP contribution in [0.25, 0.3) is 0 Å². The minimum Gasteiger partial charge on any atom is -0.303 e. The SMILES string of the molecule is C#N.CCC1CCN(CC)C1. The van der Waals surface area contributed by atoms with E-state index in [4.69, 9.17) is 5.26 Å². The Morgan fingerprint density at radius 1 is 1.45 bits per heavy atom. The molecule has 0 aromatic heterocycles. The van der Waals surface area contributed by atoms with Gasteiger partial charge in [0.1, 0.15) is 0 Å². The second-order valence-corrected chi connectivity index (χ2v) is 2.96. The van der Waals surface area contributed by atoms with Crippen LogP contribution in [0, 0.1) is 17.8 Å². The van der Waals surface area contributed by atoms with Gasteiger partial charge in [0.15, 0.2) is 0 Å². The van der Waals surface area contributed by atoms with Crippen LogP contribution >= 0.6 is 0 Å². The van der Waals surface area contributed by atoms with Crippen LogP contribution in [0.4, 0.5) is 0 Å². The maximum Gasteiger partial charge on any atom is 0.0462 e. The second kappa shape index (κ2) is 6.18. The Bertz CT molecular complexity index is 99.4. The van der Waals surface area contributed by atoms with E-state index in [1.807, 2.05) is 0 Å². The summed E-state index contributed by atoms with van der Waals surface area (Å²) in [7, 11) is 0. The maximum absolute atomic E-state index is 6.50. The number of hydrogen-bond acceptors (Lipinski definition) is 2. The molecular weight excluding hydrogens is 136 g/mol. The van der Waals surface area contributed by atoms with E-state index >= 15 is 0 Å². The summed E-state index contributed by atoms with van der Waals surface area (Å²) in [5.74, 6) is 1.00. The van der Waals surface area contributed by atoms with E-state index in [1.54, 1.807) is 0 Å². The molecule has 0 aliphatic carbocycles. The molecule has 64 valence electrons. The van der Waals surface area contributed by atoms with Crippen molar-refractivity contribution in [1.82, 2.24) is 4.90 Å². The molecule has 1 fully saturated rings. The third-order valence-corrected chi connectivity index (χ3v) is 2.39. The highest BCUT2D eigenvalue weighted by Crippen LogP contribution is 2.17. The Labute approximate surface area is 69.8 Å². The Hall–Kier alpha value is -0.550. The molecule has 0 spiro atoms. The first kappa shape index (κ1) is 10.4. The summed E-state index contributed by atoms with van der Waals surface area (Å²) in [5, 5.41) is 6.50. The molecule has 0 N–H and O–H groups in total. The minimum atomic E-state index is 1.00. The molecule has 0 amide bonds. The van der Waals surface area contributed by atoms with Crippen molar-refractivity contribution in [2.45, 2.75) is 26.7 Å². The third-order valence-electron chi connectivity index (χ3n) is 2.39. The molecule has 0 radical (unpaired) electrons. The van der Waals surface area contributed by atoms with Crippen LogP contribution in [-0.4, -0.2) is 24.5 Å². The molecule has 2 heteroatoms. The van der Waals surface area contributed by atoms with Gasteiger partial charge in [-0.05, 0) is 25.4 Å². The zero-order chi connectivity index (χ0) is 8.69. The number of hydrogen-bond donors (Lipinski definition) is 0. The lowest BCUT2D eigenvalue weighted by Crippen LogP contribution is -2.19. The molecule has 1 aliphatic rings. The molecule has 1 aliphatic heterocycles. The van der Waals surface area contributed by atoms with E-state index < -0.39 is 0 Å². The second-order valence-electron chi connectivity index (χ2n) is 2.96. The first-order chi connectivity index (χ1) is 5.36. The first-order valence-electron chi connectivity index (χ1n) is 4.35. The van der Waals surface area contributed by atoms with Crippen LogP contribution in [0.15, 0.2) is 0 Å². The van der Waals surface area contributed by atoms with Gasteiger partial charge in [0.05, 0.1) is 0 Å². The Morgan fingerprint density at radius 3 is 2.36 bits per heavy atom. The lowest BCUT2D eigenvalue weighted by atomic mass is 10.1. The molecule has 0 aromatic carbocycles. The summed E-state index contributed by atoms with van der Waals surface area (Å²) in [6.07, 6.45) is 2.81. The van der Waals surface area contributed by atoms with Crippen molar-refractivity contribution in [2.75, 3.05) is 19.6 Å². The molecule has 0 aromatic rings. The smallest absolute Gasteiger partial charge is 0.0462 e. The number of nitriles is 1. The van der Waals surface area contributed by atoms with Crippen molar-refractivity contribution in [3.63, 3.8) is 0 Å². The van der Waals surface area contributed by atoms with Gasteiger partial charge in [-0.3, -0.25) is 0 Å². The number of rotatable bonds is 2. The van der Waals surface area contributed by atoms with Crippen molar-refractivity contribution in [3.8, 4) is 6.57 Å². The van der Waals surface area contributed by atoms with Crippen molar-refractivity contribution in [2.24, 2.45) is 5.92 Å². The lowest BCUT2D eigenvalue weighted by molar-refractivity contribution is 0.340. The molecule has 1 rings (SSSR count). The number of nitrogens with zero attached hydrogens (tertiary/aromatic N) is 2. The Kier molecular flexibility index (Phi) is 5.87. The van der Waals surface area contributed by atoms with E-state index in [-0.39, 0.29) is 0 Å². The van der Waals surface area contributed by atoms with E-state index in [0.29, 0.717) is 0 Å². The van der Waals surface area contributed by atoms with Crippen molar-refractivity contribution in [1.29, 1.82) is 5.26 Å². The predicted molar refractivity (Wildman–Crippen MR) is 47.2 cm³/mol. The van der Waals surface area contributed by atoms with E-state index in [2.05, 4.69) is 25.3 Å². The largest absolute Gasteiger partial charge is 0.303 e. The van der Waals surface area contributed by atoms with Gasteiger partial charge >= 0.3 is 0 Å². The quantitative estimate of drug-likeness (QED) is 0.607. The summed E-state index contributed by atoms with van der Waals surface area (Å²) >= 11 is 0. The first-order valence-corrected chi connectivity index (χ1v) is 4.35. The summed E-state index contributed by atoms with van der Waals surface area (Å²) in [6, 6.07) is 0. The predicted octanol–water partition coefficient (Wildman–Crippen LogP) is 1.88. The van der Waals surface area contributed by atoms with Gasteiger partial charge in [0.25, 0.3) is 0 Å². The van der Waals surface area contributed by atoms with Gasteiger partial charge in [-0.1, -0.05) is 20.3 Å². The number of likely N-dealkylation sites (tertiary alicyclic amines) is 1. The van der Waals surface area contributed by atoms with Crippen LogP contribution < -0.4 is 0 Å². The van der Waals surface area contributed by atoms with Crippen LogP contribution in [0.5, 0.6) is 0 Å². The zero-order valence-electron chi connectivity index (χ0n) is 7.58. The van der Waals surface area contributed by atoms with E-state index in [9.17, 15) is 0 Å². The molecule has 11 heavy (non-hydrogen) atoms.